The number of hydrogen-bond acceptors (Lipinski definition) is 5. The number of benzene rings is 2. The Hall–Kier alpha value is -3.94. The van der Waals surface area contributed by atoms with Crippen LogP contribution < -0.4 is 15.8 Å². The zero-order chi connectivity index (χ0) is 24.9. The number of rotatable bonds is 7. The second-order valence-electron chi connectivity index (χ2n) is 9.04. The molecule has 1 aliphatic carbocycles. The van der Waals surface area contributed by atoms with E-state index in [1.807, 2.05) is 42.5 Å². The van der Waals surface area contributed by atoms with Gasteiger partial charge in [0, 0.05) is 5.56 Å². The van der Waals surface area contributed by atoms with Crippen molar-refractivity contribution in [3.8, 4) is 0 Å². The fraction of sp³-hybridized carbons (Fsp3) is 0.333. The largest absolute Gasteiger partial charge is 0.463 e. The molecule has 1 heterocycles. The summed E-state index contributed by atoms with van der Waals surface area (Å²) in [6.07, 6.45) is 4.62. The number of hydrazine groups is 1. The van der Waals surface area contributed by atoms with Crippen molar-refractivity contribution in [1.82, 2.24) is 10.7 Å². The van der Waals surface area contributed by atoms with E-state index in [1.165, 1.54) is 5.01 Å². The minimum absolute atomic E-state index is 0.0229. The van der Waals surface area contributed by atoms with E-state index in [9.17, 15) is 19.2 Å². The van der Waals surface area contributed by atoms with Gasteiger partial charge in [-0.2, -0.15) is 0 Å². The van der Waals surface area contributed by atoms with Crippen LogP contribution >= 0.6 is 0 Å². The minimum Gasteiger partial charge on any atom is -0.463 e. The van der Waals surface area contributed by atoms with E-state index in [-0.39, 0.29) is 30.3 Å². The molecule has 2 aliphatic rings. The van der Waals surface area contributed by atoms with Crippen molar-refractivity contribution < 1.29 is 23.9 Å². The molecule has 4 rings (SSSR count). The van der Waals surface area contributed by atoms with Gasteiger partial charge in [0.2, 0.25) is 11.8 Å². The molecule has 182 valence electrons. The Balaban J connectivity index is 1.53. The zero-order valence-corrected chi connectivity index (χ0v) is 19.8. The van der Waals surface area contributed by atoms with Gasteiger partial charge in [-0.15, -0.1) is 0 Å². The van der Waals surface area contributed by atoms with Crippen LogP contribution in [0.3, 0.4) is 0 Å². The average Bonchev–Trinajstić information content (AvgIpc) is 2.86. The van der Waals surface area contributed by atoms with Crippen molar-refractivity contribution in [1.29, 1.82) is 0 Å². The smallest absolute Gasteiger partial charge is 0.308 e. The highest BCUT2D eigenvalue weighted by Crippen LogP contribution is 2.32. The molecular formula is C27H29N3O5. The highest BCUT2D eigenvalue weighted by atomic mass is 16.5. The molecule has 8 nitrogen and oxygen atoms in total. The third-order valence-corrected chi connectivity index (χ3v) is 6.14. The van der Waals surface area contributed by atoms with Crippen molar-refractivity contribution in [3.05, 3.63) is 77.9 Å². The van der Waals surface area contributed by atoms with Gasteiger partial charge in [-0.05, 0) is 50.5 Å². The summed E-state index contributed by atoms with van der Waals surface area (Å²) in [6.45, 7) is 3.54. The van der Waals surface area contributed by atoms with E-state index in [2.05, 4.69) is 10.7 Å². The van der Waals surface area contributed by atoms with Gasteiger partial charge in [0.1, 0.15) is 0 Å². The molecule has 2 N–H and O–H groups in total. The first-order valence-electron chi connectivity index (χ1n) is 11.8. The van der Waals surface area contributed by atoms with Crippen LogP contribution in [0.1, 0.15) is 55.1 Å². The van der Waals surface area contributed by atoms with Crippen LogP contribution in [0.4, 0.5) is 5.69 Å². The fourth-order valence-electron chi connectivity index (χ4n) is 4.43. The van der Waals surface area contributed by atoms with E-state index in [0.29, 0.717) is 24.1 Å². The van der Waals surface area contributed by atoms with E-state index < -0.39 is 23.8 Å². The molecule has 0 radical (unpaired) electrons. The molecule has 8 heteroatoms. The van der Waals surface area contributed by atoms with Crippen LogP contribution in [0.5, 0.6) is 0 Å². The molecule has 0 saturated carbocycles. The van der Waals surface area contributed by atoms with Gasteiger partial charge < -0.3 is 10.1 Å². The number of nitrogens with zero attached hydrogens (tertiary/aromatic N) is 1. The Morgan fingerprint density at radius 3 is 2.46 bits per heavy atom. The van der Waals surface area contributed by atoms with Crippen LogP contribution in [-0.2, 0) is 19.1 Å². The second kappa shape index (κ2) is 10.5. The molecule has 3 amide bonds. The van der Waals surface area contributed by atoms with Gasteiger partial charge in [-0.25, -0.2) is 5.01 Å². The molecule has 2 aromatic carbocycles. The van der Waals surface area contributed by atoms with E-state index in [4.69, 9.17) is 4.74 Å². The fourth-order valence-corrected chi connectivity index (χ4v) is 4.43. The number of carbonyl (C=O) groups is 4. The number of allylic oxidation sites excluding steroid dienone is 2. The summed E-state index contributed by atoms with van der Waals surface area (Å²) in [6, 6.07) is 15.1. The van der Waals surface area contributed by atoms with Crippen LogP contribution in [-0.4, -0.2) is 29.8 Å². The molecule has 0 spiro atoms. The molecule has 1 saturated heterocycles. The topological polar surface area (TPSA) is 105 Å². The average molecular weight is 476 g/mol. The monoisotopic (exact) mass is 475 g/mol. The van der Waals surface area contributed by atoms with Crippen molar-refractivity contribution >= 4 is 29.4 Å². The number of nitrogens with one attached hydrogen (secondary N) is 2. The highest BCUT2D eigenvalue weighted by Gasteiger charge is 2.42. The zero-order valence-electron chi connectivity index (χ0n) is 19.8. The van der Waals surface area contributed by atoms with Crippen molar-refractivity contribution in [2.45, 2.75) is 45.3 Å². The van der Waals surface area contributed by atoms with Crippen LogP contribution in [0.15, 0.2) is 66.7 Å². The van der Waals surface area contributed by atoms with E-state index in [1.54, 1.807) is 38.1 Å². The van der Waals surface area contributed by atoms with Gasteiger partial charge in [0.05, 0.1) is 36.1 Å². The van der Waals surface area contributed by atoms with Crippen molar-refractivity contribution in [2.24, 2.45) is 11.8 Å². The van der Waals surface area contributed by atoms with E-state index in [0.717, 1.165) is 5.56 Å². The normalized spacial score (nSPS) is 20.1. The van der Waals surface area contributed by atoms with Crippen molar-refractivity contribution in [2.75, 3.05) is 5.01 Å². The lowest BCUT2D eigenvalue weighted by atomic mass is 9.80. The molecule has 3 atom stereocenters. The molecule has 3 unspecified atom stereocenters. The number of anilines is 1. The minimum atomic E-state index is -0.593. The maximum atomic E-state index is 13.2. The third kappa shape index (κ3) is 5.59. The van der Waals surface area contributed by atoms with Crippen LogP contribution in [0.2, 0.25) is 0 Å². The Kier molecular flexibility index (Phi) is 7.29. The Labute approximate surface area is 204 Å². The SMILES string of the molecule is CC(C)OC(=O)CC(NC(=O)c1cccc(N2NC(=O)C3CC=CCC3C2=O)c1)c1ccccc1. The Morgan fingerprint density at radius 1 is 1.03 bits per heavy atom. The second-order valence-corrected chi connectivity index (χ2v) is 9.04. The van der Waals surface area contributed by atoms with Crippen LogP contribution in [0.25, 0.3) is 0 Å². The molecule has 1 aliphatic heterocycles. The molecule has 0 aromatic heterocycles. The van der Waals surface area contributed by atoms with E-state index >= 15 is 0 Å². The summed E-state index contributed by atoms with van der Waals surface area (Å²) in [4.78, 5) is 51.2. The number of ether oxygens (including phenoxy) is 1. The summed E-state index contributed by atoms with van der Waals surface area (Å²) in [5.41, 5.74) is 4.15. The number of carbonyl (C=O) groups excluding carboxylic acids is 4. The molecule has 35 heavy (non-hydrogen) atoms. The standard InChI is InChI=1S/C27H29N3O5/c1-17(2)35-24(31)16-23(18-9-4-3-5-10-18)28-25(32)19-11-8-12-20(15-19)30-27(34)22-14-7-6-13-21(22)26(33)29-30/h3-12,15,17,21-23H,13-14,16H2,1-2H3,(H,28,32)(H,29,33). The lowest BCUT2D eigenvalue weighted by molar-refractivity contribution is -0.148. The number of amides is 3. The Morgan fingerprint density at radius 2 is 1.74 bits per heavy atom. The summed E-state index contributed by atoms with van der Waals surface area (Å²) in [5, 5.41) is 4.14. The molecule has 2 aromatic rings. The summed E-state index contributed by atoms with van der Waals surface area (Å²) >= 11 is 0. The quantitative estimate of drug-likeness (QED) is 0.471. The lowest BCUT2D eigenvalue weighted by Gasteiger charge is -2.38. The first kappa shape index (κ1) is 24.2. The first-order chi connectivity index (χ1) is 16.8. The summed E-state index contributed by atoms with van der Waals surface area (Å²) in [7, 11) is 0. The predicted molar refractivity (Wildman–Crippen MR) is 130 cm³/mol. The number of fused-ring (bicyclic) bond motifs is 1. The summed E-state index contributed by atoms with van der Waals surface area (Å²) in [5.74, 6) is -2.02. The molecule has 1 fully saturated rings. The highest BCUT2D eigenvalue weighted by molar-refractivity contribution is 6.05. The maximum absolute atomic E-state index is 13.2. The molecular weight excluding hydrogens is 446 g/mol. The van der Waals surface area contributed by atoms with Gasteiger partial charge in [0.25, 0.3) is 5.91 Å². The number of esters is 1. The van der Waals surface area contributed by atoms with Gasteiger partial charge in [-0.3, -0.25) is 24.6 Å². The van der Waals surface area contributed by atoms with Gasteiger partial charge >= 0.3 is 5.97 Å². The first-order valence-corrected chi connectivity index (χ1v) is 11.8. The predicted octanol–water partition coefficient (Wildman–Crippen LogP) is 3.46. The van der Waals surface area contributed by atoms with Gasteiger partial charge in [0.15, 0.2) is 0 Å². The van der Waals surface area contributed by atoms with Crippen molar-refractivity contribution in [3.63, 3.8) is 0 Å². The Bertz CT molecular complexity index is 1140. The van der Waals surface area contributed by atoms with Gasteiger partial charge in [-0.1, -0.05) is 48.6 Å². The van der Waals surface area contributed by atoms with Crippen LogP contribution in [0, 0.1) is 11.8 Å². The number of hydrogen-bond donors (Lipinski definition) is 2. The molecule has 0 bridgehead atoms. The lowest BCUT2D eigenvalue weighted by Crippen LogP contribution is -2.59. The maximum Gasteiger partial charge on any atom is 0.308 e. The third-order valence-electron chi connectivity index (χ3n) is 6.14. The summed E-state index contributed by atoms with van der Waals surface area (Å²) < 4.78 is 5.27.